The van der Waals surface area contributed by atoms with E-state index in [1.165, 1.54) is 12.1 Å². The summed E-state index contributed by atoms with van der Waals surface area (Å²) in [6.07, 6.45) is 2.80. The molecule has 3 rings (SSSR count). The van der Waals surface area contributed by atoms with Crippen LogP contribution >= 0.6 is 34.4 Å². The molecule has 2 atom stereocenters. The summed E-state index contributed by atoms with van der Waals surface area (Å²) in [4.78, 5) is 24.9. The summed E-state index contributed by atoms with van der Waals surface area (Å²) in [6, 6.07) is 21.4. The maximum atomic E-state index is 13.0. The van der Waals surface area contributed by atoms with Crippen molar-refractivity contribution in [1.82, 2.24) is 0 Å². The molecule has 0 saturated carbocycles. The molecule has 0 aromatic heterocycles. The first-order valence-electron chi connectivity index (χ1n) is 11.1. The average Bonchev–Trinajstić information content (AvgIpc) is 2.87. The number of amides is 1. The van der Waals surface area contributed by atoms with Crippen molar-refractivity contribution in [3.05, 3.63) is 94.1 Å². The number of thioether (sulfide) groups is 1. The molecule has 0 bridgehead atoms. The number of carbonyl (C=O) groups excluding carboxylic acids is 1. The Morgan fingerprint density at radius 1 is 1.08 bits per heavy atom. The molecule has 9 heteroatoms. The molecule has 0 aliphatic rings. The summed E-state index contributed by atoms with van der Waals surface area (Å²) in [6.45, 7) is 0. The number of phenols is 1. The van der Waals surface area contributed by atoms with Crippen molar-refractivity contribution >= 4 is 52.1 Å². The maximum absolute atomic E-state index is 13.0. The second-order valence-electron chi connectivity index (χ2n) is 7.67. The highest BCUT2D eigenvalue weighted by Gasteiger charge is 2.31. The molecule has 3 aromatic carbocycles. The second kappa shape index (κ2) is 13.8. The van der Waals surface area contributed by atoms with E-state index in [0.717, 1.165) is 14.5 Å². The van der Waals surface area contributed by atoms with E-state index in [-0.39, 0.29) is 5.75 Å². The topological polar surface area (TPSA) is 105 Å². The summed E-state index contributed by atoms with van der Waals surface area (Å²) in [5.74, 6) is -0.540. The SMILES string of the molecule is CSc1ccc(NC(=O)O[C@H](c2cc(I)ccc2O)[C@@H](CC/C=C/C(=O)O)Oc2ccccc2)cc1. The number of aromatic hydroxyl groups is 1. The van der Waals surface area contributed by atoms with Gasteiger partial charge in [0, 0.05) is 25.8 Å². The van der Waals surface area contributed by atoms with Crippen LogP contribution in [0, 0.1) is 3.57 Å². The zero-order valence-corrected chi connectivity index (χ0v) is 22.4. The first-order chi connectivity index (χ1) is 17.4. The third kappa shape index (κ3) is 8.49. The van der Waals surface area contributed by atoms with Crippen LogP contribution in [0.5, 0.6) is 11.5 Å². The molecule has 188 valence electrons. The lowest BCUT2D eigenvalue weighted by Crippen LogP contribution is -2.31. The molecule has 3 N–H and O–H groups in total. The number of halogens is 1. The van der Waals surface area contributed by atoms with Gasteiger partial charge in [-0.25, -0.2) is 9.59 Å². The lowest BCUT2D eigenvalue weighted by Gasteiger charge is -2.28. The van der Waals surface area contributed by atoms with E-state index in [4.69, 9.17) is 14.6 Å². The summed E-state index contributed by atoms with van der Waals surface area (Å²) < 4.78 is 12.9. The van der Waals surface area contributed by atoms with E-state index in [1.807, 2.05) is 36.6 Å². The van der Waals surface area contributed by atoms with E-state index < -0.39 is 24.3 Å². The smallest absolute Gasteiger partial charge is 0.412 e. The normalized spacial score (nSPS) is 12.6. The highest BCUT2D eigenvalue weighted by molar-refractivity contribution is 14.1. The summed E-state index contributed by atoms with van der Waals surface area (Å²) in [5.41, 5.74) is 0.950. The van der Waals surface area contributed by atoms with E-state index in [1.54, 1.807) is 48.2 Å². The Morgan fingerprint density at radius 3 is 2.47 bits per heavy atom. The number of carbonyl (C=O) groups is 2. The highest BCUT2D eigenvalue weighted by Crippen LogP contribution is 2.35. The number of anilines is 1. The van der Waals surface area contributed by atoms with E-state index in [9.17, 15) is 14.7 Å². The largest absolute Gasteiger partial charge is 0.508 e. The highest BCUT2D eigenvalue weighted by atomic mass is 127. The molecule has 7 nitrogen and oxygen atoms in total. The van der Waals surface area contributed by atoms with Gasteiger partial charge >= 0.3 is 12.1 Å². The Hall–Kier alpha value is -3.18. The first kappa shape index (κ1) is 27.4. The molecule has 0 heterocycles. The van der Waals surface area contributed by atoms with Crippen LogP contribution < -0.4 is 10.1 Å². The van der Waals surface area contributed by atoms with Gasteiger partial charge < -0.3 is 19.7 Å². The molecule has 0 fully saturated rings. The van der Waals surface area contributed by atoms with Gasteiger partial charge in [-0.2, -0.15) is 0 Å². The molecule has 0 unspecified atom stereocenters. The van der Waals surface area contributed by atoms with Gasteiger partial charge in [0.25, 0.3) is 0 Å². The van der Waals surface area contributed by atoms with Gasteiger partial charge in [-0.15, -0.1) is 11.8 Å². The summed E-state index contributed by atoms with van der Waals surface area (Å²) in [7, 11) is 0. The van der Waals surface area contributed by atoms with Crippen molar-refractivity contribution in [1.29, 1.82) is 0 Å². The molecular formula is C27H26INO6S. The van der Waals surface area contributed by atoms with Gasteiger partial charge in [0.1, 0.15) is 17.6 Å². The molecular weight excluding hydrogens is 593 g/mol. The van der Waals surface area contributed by atoms with Gasteiger partial charge in [0.2, 0.25) is 0 Å². The number of nitrogens with one attached hydrogen (secondary N) is 1. The minimum atomic E-state index is -1.05. The molecule has 0 spiro atoms. The lowest BCUT2D eigenvalue weighted by atomic mass is 9.99. The summed E-state index contributed by atoms with van der Waals surface area (Å²) in [5, 5.41) is 22.3. The second-order valence-corrected chi connectivity index (χ2v) is 9.80. The Bertz CT molecular complexity index is 1190. The van der Waals surface area contributed by atoms with Crippen molar-refractivity contribution in [2.24, 2.45) is 0 Å². The third-order valence-corrected chi connectivity index (χ3v) is 6.53. The minimum absolute atomic E-state index is 0.0414. The zero-order chi connectivity index (χ0) is 25.9. The fourth-order valence-corrected chi connectivity index (χ4v) is 4.34. The van der Waals surface area contributed by atoms with Gasteiger partial charge in [0.05, 0.1) is 0 Å². The predicted octanol–water partition coefficient (Wildman–Crippen LogP) is 6.88. The molecule has 3 aromatic rings. The van der Waals surface area contributed by atoms with Crippen LogP contribution in [-0.2, 0) is 9.53 Å². The van der Waals surface area contributed by atoms with Crippen LogP contribution in [0.1, 0.15) is 24.5 Å². The number of rotatable bonds is 11. The fourth-order valence-electron chi connectivity index (χ4n) is 3.42. The van der Waals surface area contributed by atoms with Gasteiger partial charge in [0.15, 0.2) is 6.10 Å². The Morgan fingerprint density at radius 2 is 1.81 bits per heavy atom. The molecule has 1 amide bonds. The number of allylic oxidation sites excluding steroid dienone is 1. The van der Waals surface area contributed by atoms with E-state index >= 15 is 0 Å². The van der Waals surface area contributed by atoms with Crippen LogP contribution in [0.4, 0.5) is 10.5 Å². The van der Waals surface area contributed by atoms with Crippen molar-refractivity contribution in [2.45, 2.75) is 29.9 Å². The van der Waals surface area contributed by atoms with Crippen molar-refractivity contribution in [3.8, 4) is 11.5 Å². The number of aliphatic carboxylic acids is 1. The molecule has 0 aliphatic heterocycles. The lowest BCUT2D eigenvalue weighted by molar-refractivity contribution is -0.131. The number of ether oxygens (including phenoxy) is 2. The van der Waals surface area contributed by atoms with E-state index in [2.05, 4.69) is 27.9 Å². The van der Waals surface area contributed by atoms with Crippen LogP contribution in [0.15, 0.2) is 89.8 Å². The minimum Gasteiger partial charge on any atom is -0.508 e. The summed E-state index contributed by atoms with van der Waals surface area (Å²) >= 11 is 3.71. The number of benzene rings is 3. The quantitative estimate of drug-likeness (QED) is 0.122. The van der Waals surface area contributed by atoms with Crippen LogP contribution in [0.2, 0.25) is 0 Å². The number of hydrogen-bond acceptors (Lipinski definition) is 6. The third-order valence-electron chi connectivity index (χ3n) is 5.11. The van der Waals surface area contributed by atoms with Gasteiger partial charge in [-0.05, 0) is 96.3 Å². The number of phenolic OH excluding ortho intramolecular Hbond substituents is 1. The number of carboxylic acids is 1. The molecule has 0 aliphatic carbocycles. The molecule has 0 radical (unpaired) electrons. The number of carboxylic acid groups (broad SMARTS) is 1. The number of hydrogen-bond donors (Lipinski definition) is 3. The van der Waals surface area contributed by atoms with Crippen LogP contribution in [0.25, 0.3) is 0 Å². The van der Waals surface area contributed by atoms with Gasteiger partial charge in [-0.3, -0.25) is 5.32 Å². The van der Waals surface area contributed by atoms with Crippen molar-refractivity contribution < 1.29 is 29.3 Å². The van der Waals surface area contributed by atoms with Crippen LogP contribution in [0.3, 0.4) is 0 Å². The van der Waals surface area contributed by atoms with Crippen LogP contribution in [-0.4, -0.2) is 34.6 Å². The van der Waals surface area contributed by atoms with E-state index in [0.29, 0.717) is 29.8 Å². The molecule has 36 heavy (non-hydrogen) atoms. The fraction of sp³-hybridized carbons (Fsp3) is 0.185. The Labute approximate surface area is 227 Å². The zero-order valence-electron chi connectivity index (χ0n) is 19.5. The Kier molecular flexibility index (Phi) is 10.5. The molecule has 0 saturated heterocycles. The number of para-hydroxylation sites is 1. The predicted molar refractivity (Wildman–Crippen MR) is 149 cm³/mol. The monoisotopic (exact) mass is 619 g/mol. The van der Waals surface area contributed by atoms with Crippen molar-refractivity contribution in [3.63, 3.8) is 0 Å². The first-order valence-corrected chi connectivity index (χ1v) is 13.4. The Balaban J connectivity index is 1.91. The van der Waals surface area contributed by atoms with Gasteiger partial charge in [-0.1, -0.05) is 24.3 Å². The average molecular weight is 619 g/mol. The standard InChI is InChI=1S/C27H26INO6S/c1-36-21-14-12-19(13-15-21)29-27(33)35-26(22-17-18(28)11-16-23(22)30)24(9-5-6-10-25(31)32)34-20-7-3-2-4-8-20/h2-4,6-8,10-17,24,26,30H,5,9H2,1H3,(H,29,33)(H,31,32)/b10-6+/t24-,26-/m1/s1. The van der Waals surface area contributed by atoms with Crippen molar-refractivity contribution in [2.75, 3.05) is 11.6 Å². The maximum Gasteiger partial charge on any atom is 0.412 e.